The number of aliphatic hydroxyl groups excluding tert-OH is 3. The maximum atomic E-state index is 13.0. The van der Waals surface area contributed by atoms with Crippen molar-refractivity contribution < 1.29 is 34.4 Å². The van der Waals surface area contributed by atoms with Gasteiger partial charge < -0.3 is 25.4 Å². The molecule has 1 fully saturated rings. The fourth-order valence-electron chi connectivity index (χ4n) is 3.67. The van der Waals surface area contributed by atoms with Gasteiger partial charge in [0.2, 0.25) is 17.5 Å². The lowest BCUT2D eigenvalue weighted by molar-refractivity contribution is -0.219. The zero-order chi connectivity index (χ0) is 20.9. The van der Waals surface area contributed by atoms with Crippen molar-refractivity contribution in [1.82, 2.24) is 20.3 Å². The molecule has 2 heterocycles. The minimum atomic E-state index is -1.53. The van der Waals surface area contributed by atoms with E-state index < -0.39 is 54.7 Å². The molecule has 152 valence electrons. The van der Waals surface area contributed by atoms with Crippen LogP contribution in [0.1, 0.15) is 45.3 Å². The first kappa shape index (κ1) is 19.3. The molecule has 0 radical (unpaired) electrons. The predicted molar refractivity (Wildman–Crippen MR) is 93.9 cm³/mol. The lowest BCUT2D eigenvalue weighted by Crippen LogP contribution is -2.62. The molecule has 0 bridgehead atoms. The normalized spacial score (nSPS) is 28.6. The van der Waals surface area contributed by atoms with Crippen molar-refractivity contribution in [3.63, 3.8) is 0 Å². The van der Waals surface area contributed by atoms with Gasteiger partial charge in [-0.15, -0.1) is 5.10 Å². The fraction of sp³-hybridized carbons (Fsp3) is 0.389. The molecule has 2 aromatic rings. The van der Waals surface area contributed by atoms with Gasteiger partial charge in [-0.05, 0) is 0 Å². The number of aliphatic hydroxyl groups is 3. The van der Waals surface area contributed by atoms with Crippen LogP contribution in [0.15, 0.2) is 24.3 Å². The van der Waals surface area contributed by atoms with Gasteiger partial charge in [-0.2, -0.15) is 0 Å². The Morgan fingerprint density at radius 2 is 1.83 bits per heavy atom. The van der Waals surface area contributed by atoms with Crippen LogP contribution in [0.4, 0.5) is 0 Å². The Morgan fingerprint density at radius 3 is 2.45 bits per heavy atom. The summed E-state index contributed by atoms with van der Waals surface area (Å²) < 4.78 is 6.64. The Bertz CT molecular complexity index is 1000. The smallest absolute Gasteiger partial charge is 0.217 e. The third-order valence-electron chi connectivity index (χ3n) is 5.05. The van der Waals surface area contributed by atoms with Gasteiger partial charge in [0.05, 0.1) is 6.61 Å². The van der Waals surface area contributed by atoms with E-state index in [1.807, 2.05) is 0 Å². The third-order valence-corrected chi connectivity index (χ3v) is 5.05. The Balaban J connectivity index is 1.82. The molecule has 4 N–H and O–H groups in total. The fourth-order valence-corrected chi connectivity index (χ4v) is 3.67. The van der Waals surface area contributed by atoms with E-state index >= 15 is 0 Å². The molecule has 11 nitrogen and oxygen atoms in total. The zero-order valence-corrected chi connectivity index (χ0v) is 15.2. The summed E-state index contributed by atoms with van der Waals surface area (Å²) in [4.78, 5) is 37.4. The molecule has 1 amide bonds. The van der Waals surface area contributed by atoms with E-state index in [2.05, 4.69) is 15.6 Å². The second-order valence-electron chi connectivity index (χ2n) is 6.89. The van der Waals surface area contributed by atoms with E-state index in [0.29, 0.717) is 0 Å². The first-order valence-corrected chi connectivity index (χ1v) is 8.88. The number of hydrogen-bond acceptors (Lipinski definition) is 9. The highest BCUT2D eigenvalue weighted by molar-refractivity contribution is 6.26. The second kappa shape index (κ2) is 7.12. The summed E-state index contributed by atoms with van der Waals surface area (Å²) in [5.41, 5.74) is 0.0257. The van der Waals surface area contributed by atoms with Crippen LogP contribution >= 0.6 is 0 Å². The summed E-state index contributed by atoms with van der Waals surface area (Å²) in [7, 11) is 0. The minimum Gasteiger partial charge on any atom is -0.394 e. The van der Waals surface area contributed by atoms with Crippen molar-refractivity contribution in [2.24, 2.45) is 0 Å². The molecule has 29 heavy (non-hydrogen) atoms. The van der Waals surface area contributed by atoms with Crippen molar-refractivity contribution in [2.75, 3.05) is 6.61 Å². The lowest BCUT2D eigenvalue weighted by atomic mass is 9.89. The number of fused-ring (bicyclic) bond motifs is 2. The summed E-state index contributed by atoms with van der Waals surface area (Å²) >= 11 is 0. The minimum absolute atomic E-state index is 0.158. The second-order valence-corrected chi connectivity index (χ2v) is 6.89. The van der Waals surface area contributed by atoms with Crippen LogP contribution in [0.3, 0.4) is 0 Å². The van der Waals surface area contributed by atoms with Crippen molar-refractivity contribution in [3.8, 4) is 0 Å². The van der Waals surface area contributed by atoms with E-state index in [1.165, 1.54) is 19.1 Å². The maximum absolute atomic E-state index is 13.0. The number of carbonyl (C=O) groups is 3. The average Bonchev–Trinajstić information content (AvgIpc) is 3.15. The van der Waals surface area contributed by atoms with Crippen LogP contribution in [0.5, 0.6) is 0 Å². The number of hydrogen-bond donors (Lipinski definition) is 4. The van der Waals surface area contributed by atoms with Gasteiger partial charge in [0.1, 0.15) is 30.0 Å². The highest BCUT2D eigenvalue weighted by atomic mass is 16.5. The van der Waals surface area contributed by atoms with E-state index in [1.54, 1.807) is 12.1 Å². The standard InChI is InChI=1S/C18H18N4O7/c1-7(24)19-12-17(28)16(27)10(6-23)29-18(12)22-13-11(20-21-22)14(25)8-4-2-3-5-9(8)15(13)26/h2-5,10,12,16-18,23,27-28H,6H2,1H3,(H,19,24)/t10-,12-,16-,17-,18-/m1/s1. The topological polar surface area (TPSA) is 164 Å². The zero-order valence-electron chi connectivity index (χ0n) is 15.2. The molecule has 0 unspecified atom stereocenters. The van der Waals surface area contributed by atoms with Crippen molar-refractivity contribution >= 4 is 17.5 Å². The number of carbonyl (C=O) groups excluding carboxylic acids is 3. The number of nitrogens with one attached hydrogen (secondary N) is 1. The van der Waals surface area contributed by atoms with Gasteiger partial charge in [-0.1, -0.05) is 29.5 Å². The predicted octanol–water partition coefficient (Wildman–Crippen LogP) is -1.83. The molecule has 0 saturated carbocycles. The summed E-state index contributed by atoms with van der Waals surface area (Å²) in [5, 5.41) is 40.2. The Hall–Kier alpha value is -2.99. The van der Waals surface area contributed by atoms with Gasteiger partial charge in [-0.3, -0.25) is 14.4 Å². The van der Waals surface area contributed by atoms with E-state index in [0.717, 1.165) is 4.68 Å². The molecular weight excluding hydrogens is 384 g/mol. The summed E-state index contributed by atoms with van der Waals surface area (Å²) in [5.74, 6) is -1.54. The quantitative estimate of drug-likeness (QED) is 0.394. The Kier molecular flexibility index (Phi) is 4.74. The average molecular weight is 402 g/mol. The molecule has 1 aliphatic carbocycles. The molecular formula is C18H18N4O7. The highest BCUT2D eigenvalue weighted by Crippen LogP contribution is 2.32. The Morgan fingerprint density at radius 1 is 1.17 bits per heavy atom. The molecule has 1 aliphatic heterocycles. The van der Waals surface area contributed by atoms with Gasteiger partial charge in [0.25, 0.3) is 0 Å². The van der Waals surface area contributed by atoms with Gasteiger partial charge in [0, 0.05) is 18.1 Å². The Labute approximate surface area is 163 Å². The SMILES string of the molecule is CC(=O)N[C@@H]1[C@@H](O)[C@H](O)[C@@H](CO)O[C@H]1n1nnc2c1C(=O)c1ccccc1C2=O. The monoisotopic (exact) mass is 402 g/mol. The molecule has 1 saturated heterocycles. The number of rotatable bonds is 3. The first-order valence-electron chi connectivity index (χ1n) is 8.88. The van der Waals surface area contributed by atoms with Gasteiger partial charge in [0.15, 0.2) is 11.9 Å². The number of nitrogens with zero attached hydrogens (tertiary/aromatic N) is 3. The van der Waals surface area contributed by atoms with Crippen molar-refractivity contribution in [2.45, 2.75) is 37.5 Å². The molecule has 0 spiro atoms. The molecule has 5 atom stereocenters. The number of ether oxygens (including phenoxy) is 1. The summed E-state index contributed by atoms with van der Waals surface area (Å²) in [6.07, 6.45) is -5.53. The van der Waals surface area contributed by atoms with Crippen LogP contribution in [0, 0.1) is 0 Å². The van der Waals surface area contributed by atoms with Crippen LogP contribution in [-0.2, 0) is 9.53 Å². The van der Waals surface area contributed by atoms with Crippen molar-refractivity contribution in [1.29, 1.82) is 0 Å². The summed E-state index contributed by atoms with van der Waals surface area (Å²) in [6.45, 7) is 0.574. The highest BCUT2D eigenvalue weighted by Gasteiger charge is 2.48. The van der Waals surface area contributed by atoms with Gasteiger partial charge >= 0.3 is 0 Å². The van der Waals surface area contributed by atoms with E-state index in [4.69, 9.17) is 4.74 Å². The first-order chi connectivity index (χ1) is 13.8. The number of aromatic nitrogens is 3. The van der Waals surface area contributed by atoms with Crippen LogP contribution < -0.4 is 5.32 Å². The molecule has 4 rings (SSSR count). The third kappa shape index (κ3) is 2.95. The molecule has 2 aliphatic rings. The van der Waals surface area contributed by atoms with Crippen LogP contribution in [-0.4, -0.2) is 78.7 Å². The maximum Gasteiger partial charge on any atom is 0.217 e. The number of benzene rings is 1. The van der Waals surface area contributed by atoms with Crippen molar-refractivity contribution in [3.05, 3.63) is 46.8 Å². The van der Waals surface area contributed by atoms with Crippen LogP contribution in [0.25, 0.3) is 0 Å². The van der Waals surface area contributed by atoms with Crippen LogP contribution in [0.2, 0.25) is 0 Å². The molecule has 1 aromatic heterocycles. The number of amides is 1. The number of ketones is 2. The lowest BCUT2D eigenvalue weighted by Gasteiger charge is -2.42. The van der Waals surface area contributed by atoms with E-state index in [-0.39, 0.29) is 22.5 Å². The molecule has 1 aromatic carbocycles. The largest absolute Gasteiger partial charge is 0.394 e. The van der Waals surface area contributed by atoms with E-state index in [9.17, 15) is 29.7 Å². The molecule has 11 heteroatoms. The summed E-state index contributed by atoms with van der Waals surface area (Å²) in [6, 6.07) is 5.04. The van der Waals surface area contributed by atoms with Gasteiger partial charge in [-0.25, -0.2) is 4.68 Å².